The summed E-state index contributed by atoms with van der Waals surface area (Å²) in [6.07, 6.45) is 0. The number of nitrogens with two attached hydrogens (primary N) is 1. The van der Waals surface area contributed by atoms with E-state index in [4.69, 9.17) is 5.73 Å². The molecule has 0 unspecified atom stereocenters. The summed E-state index contributed by atoms with van der Waals surface area (Å²) < 4.78 is 0. The van der Waals surface area contributed by atoms with Crippen molar-refractivity contribution in [1.29, 1.82) is 0 Å². The Morgan fingerprint density at radius 1 is 1.33 bits per heavy atom. The summed E-state index contributed by atoms with van der Waals surface area (Å²) >= 11 is 1.54. The predicted octanol–water partition coefficient (Wildman–Crippen LogP) is 2.12. The van der Waals surface area contributed by atoms with Crippen LogP contribution in [0, 0.1) is 0 Å². The van der Waals surface area contributed by atoms with Crippen LogP contribution in [-0.4, -0.2) is 11.0 Å². The van der Waals surface area contributed by atoms with Crippen LogP contribution >= 0.6 is 11.3 Å². The zero-order valence-corrected chi connectivity index (χ0v) is 8.57. The van der Waals surface area contributed by atoms with Crippen molar-refractivity contribution >= 4 is 23.1 Å². The molecular formula is C10H8N3OS. The smallest absolute Gasteiger partial charge is 0.338 e. The lowest BCUT2D eigenvalue weighted by Crippen LogP contribution is -2.18. The van der Waals surface area contributed by atoms with Crippen LogP contribution in [0.1, 0.15) is 0 Å². The van der Waals surface area contributed by atoms with Gasteiger partial charge in [0.15, 0.2) is 0 Å². The maximum Gasteiger partial charge on any atom is 0.338 e. The standard InChI is InChI=1S/C10H8N3OS/c11-10(14)13-8-3-1-7(2-4-8)9-5-15-6-12-9/h1-6H,(H2,11,14). The van der Waals surface area contributed by atoms with Gasteiger partial charge in [0, 0.05) is 10.9 Å². The van der Waals surface area contributed by atoms with Crippen LogP contribution in [0.5, 0.6) is 0 Å². The third-order valence-electron chi connectivity index (χ3n) is 1.83. The van der Waals surface area contributed by atoms with Crippen molar-refractivity contribution < 1.29 is 4.79 Å². The minimum atomic E-state index is -0.684. The number of thiazole rings is 1. The first-order valence-corrected chi connectivity index (χ1v) is 5.20. The van der Waals surface area contributed by atoms with E-state index in [-0.39, 0.29) is 0 Å². The molecule has 1 aromatic carbocycles. The molecule has 2 aromatic rings. The number of urea groups is 1. The maximum absolute atomic E-state index is 10.5. The lowest BCUT2D eigenvalue weighted by molar-refractivity contribution is 0.252. The molecule has 1 aromatic heterocycles. The average Bonchev–Trinajstić information content (AvgIpc) is 2.71. The van der Waals surface area contributed by atoms with Crippen LogP contribution in [0.15, 0.2) is 35.2 Å². The summed E-state index contributed by atoms with van der Waals surface area (Å²) in [7, 11) is 0. The molecule has 15 heavy (non-hydrogen) atoms. The highest BCUT2D eigenvalue weighted by Gasteiger charge is 2.01. The van der Waals surface area contributed by atoms with E-state index in [1.165, 1.54) is 0 Å². The largest absolute Gasteiger partial charge is 0.350 e. The fourth-order valence-electron chi connectivity index (χ4n) is 1.19. The maximum atomic E-state index is 10.5. The molecule has 2 rings (SSSR count). The van der Waals surface area contributed by atoms with E-state index in [0.29, 0.717) is 5.69 Å². The van der Waals surface area contributed by atoms with E-state index in [0.717, 1.165) is 11.3 Å². The molecule has 2 amide bonds. The molecule has 0 atom stereocenters. The Morgan fingerprint density at radius 2 is 2.07 bits per heavy atom. The van der Waals surface area contributed by atoms with Gasteiger partial charge in [0.2, 0.25) is 0 Å². The van der Waals surface area contributed by atoms with Crippen LogP contribution < -0.4 is 11.1 Å². The second kappa shape index (κ2) is 4.10. The number of benzene rings is 1. The monoisotopic (exact) mass is 218 g/mol. The van der Waals surface area contributed by atoms with Gasteiger partial charge in [0.25, 0.3) is 0 Å². The minimum Gasteiger partial charge on any atom is -0.350 e. The third-order valence-corrected chi connectivity index (χ3v) is 2.42. The number of nitrogens with zero attached hydrogens (tertiary/aromatic N) is 2. The molecule has 0 saturated heterocycles. The Bertz CT molecular complexity index is 450. The molecule has 0 aliphatic rings. The Balaban J connectivity index is 2.21. The van der Waals surface area contributed by atoms with Crippen LogP contribution in [0.3, 0.4) is 0 Å². The van der Waals surface area contributed by atoms with Crippen molar-refractivity contribution in [3.63, 3.8) is 0 Å². The van der Waals surface area contributed by atoms with Gasteiger partial charge in [-0.15, -0.1) is 11.3 Å². The quantitative estimate of drug-likeness (QED) is 0.838. The molecule has 0 spiro atoms. The van der Waals surface area contributed by atoms with Crippen molar-refractivity contribution in [1.82, 2.24) is 10.3 Å². The lowest BCUT2D eigenvalue weighted by Gasteiger charge is -1.99. The number of hydrogen-bond donors (Lipinski definition) is 1. The average molecular weight is 218 g/mol. The Morgan fingerprint density at radius 3 is 2.60 bits per heavy atom. The second-order valence-corrected chi connectivity index (χ2v) is 3.59. The van der Waals surface area contributed by atoms with E-state index in [1.54, 1.807) is 29.0 Å². The van der Waals surface area contributed by atoms with Gasteiger partial charge in [0.05, 0.1) is 16.9 Å². The number of primary amides is 1. The molecule has 4 nitrogen and oxygen atoms in total. The lowest BCUT2D eigenvalue weighted by atomic mass is 10.1. The van der Waals surface area contributed by atoms with E-state index in [9.17, 15) is 4.79 Å². The van der Waals surface area contributed by atoms with E-state index < -0.39 is 6.03 Å². The first-order chi connectivity index (χ1) is 7.25. The summed E-state index contributed by atoms with van der Waals surface area (Å²) in [6.45, 7) is 0. The third kappa shape index (κ3) is 2.32. The minimum absolute atomic E-state index is 0.557. The van der Waals surface area contributed by atoms with Crippen molar-refractivity contribution in [3.05, 3.63) is 35.2 Å². The van der Waals surface area contributed by atoms with E-state index in [1.807, 2.05) is 17.5 Å². The molecule has 0 bridgehead atoms. The molecule has 2 N–H and O–H groups in total. The molecule has 0 fully saturated rings. The van der Waals surface area contributed by atoms with Gasteiger partial charge in [0.1, 0.15) is 0 Å². The highest BCUT2D eigenvalue weighted by molar-refractivity contribution is 7.07. The van der Waals surface area contributed by atoms with Crippen molar-refractivity contribution in [2.45, 2.75) is 0 Å². The first kappa shape index (κ1) is 9.67. The number of rotatable bonds is 2. The Kier molecular flexibility index (Phi) is 2.64. The summed E-state index contributed by atoms with van der Waals surface area (Å²) in [6, 6.07) is 6.50. The normalized spacial score (nSPS) is 9.87. The van der Waals surface area contributed by atoms with Gasteiger partial charge in [-0.1, -0.05) is 12.1 Å². The SMILES string of the molecule is NC(=O)[N]c1ccc(-c2cscn2)cc1. The highest BCUT2D eigenvalue weighted by atomic mass is 32.1. The summed E-state index contributed by atoms with van der Waals surface area (Å²) in [4.78, 5) is 14.7. The van der Waals surface area contributed by atoms with Gasteiger partial charge in [-0.25, -0.2) is 9.78 Å². The number of aromatic nitrogens is 1. The Labute approximate surface area is 90.8 Å². The Hall–Kier alpha value is -1.88. The van der Waals surface area contributed by atoms with Gasteiger partial charge in [-0.2, -0.15) is 5.32 Å². The molecule has 0 saturated carbocycles. The van der Waals surface area contributed by atoms with Crippen molar-refractivity contribution in [2.24, 2.45) is 5.73 Å². The topological polar surface area (TPSA) is 70.1 Å². The summed E-state index contributed by atoms with van der Waals surface area (Å²) in [5.41, 5.74) is 9.19. The number of carbonyl (C=O) groups is 1. The number of carbonyl (C=O) groups excluding carboxylic acids is 1. The predicted molar refractivity (Wildman–Crippen MR) is 58.9 cm³/mol. The fraction of sp³-hybridized carbons (Fsp3) is 0. The van der Waals surface area contributed by atoms with Crippen molar-refractivity contribution in [3.8, 4) is 11.3 Å². The van der Waals surface area contributed by atoms with Gasteiger partial charge < -0.3 is 5.73 Å². The van der Waals surface area contributed by atoms with E-state index >= 15 is 0 Å². The molecular weight excluding hydrogens is 210 g/mol. The zero-order valence-electron chi connectivity index (χ0n) is 7.75. The fourth-order valence-corrected chi connectivity index (χ4v) is 1.75. The van der Waals surface area contributed by atoms with Crippen molar-refractivity contribution in [2.75, 3.05) is 0 Å². The van der Waals surface area contributed by atoms with Crippen LogP contribution in [0.4, 0.5) is 10.5 Å². The van der Waals surface area contributed by atoms with Gasteiger partial charge in [-0.05, 0) is 12.1 Å². The molecule has 1 heterocycles. The molecule has 75 valence electrons. The molecule has 0 aliphatic carbocycles. The first-order valence-electron chi connectivity index (χ1n) is 4.25. The summed E-state index contributed by atoms with van der Waals surface area (Å²) in [5.74, 6) is 0. The van der Waals surface area contributed by atoms with Crippen LogP contribution in [0.25, 0.3) is 11.3 Å². The highest BCUT2D eigenvalue weighted by Crippen LogP contribution is 2.20. The van der Waals surface area contributed by atoms with Crippen LogP contribution in [-0.2, 0) is 0 Å². The van der Waals surface area contributed by atoms with Gasteiger partial charge >= 0.3 is 6.03 Å². The zero-order chi connectivity index (χ0) is 10.7. The number of hydrogen-bond acceptors (Lipinski definition) is 3. The van der Waals surface area contributed by atoms with Crippen LogP contribution in [0.2, 0.25) is 0 Å². The second-order valence-electron chi connectivity index (χ2n) is 2.87. The van der Waals surface area contributed by atoms with Gasteiger partial charge in [-0.3, -0.25) is 0 Å². The van der Waals surface area contributed by atoms with E-state index in [2.05, 4.69) is 10.3 Å². The number of amides is 2. The molecule has 0 aliphatic heterocycles. The molecule has 5 heteroatoms. The summed E-state index contributed by atoms with van der Waals surface area (Å²) in [5, 5.41) is 5.56. The molecule has 1 radical (unpaired) electrons.